The second kappa shape index (κ2) is 3.39. The summed E-state index contributed by atoms with van der Waals surface area (Å²) in [6.45, 7) is 2.44. The molecule has 1 aromatic rings. The van der Waals surface area contributed by atoms with Gasteiger partial charge in [-0.1, -0.05) is 6.92 Å². The van der Waals surface area contributed by atoms with E-state index >= 15 is 0 Å². The van der Waals surface area contributed by atoms with Gasteiger partial charge < -0.3 is 5.11 Å². The Kier molecular flexibility index (Phi) is 2.35. The summed E-state index contributed by atoms with van der Waals surface area (Å²) in [5, 5.41) is 13.7. The van der Waals surface area contributed by atoms with E-state index in [1.165, 1.54) is 5.69 Å². The number of aliphatic hydroxyl groups is 1. The van der Waals surface area contributed by atoms with Crippen LogP contribution in [0, 0.1) is 5.41 Å². The number of hydrogen-bond acceptors (Lipinski definition) is 2. The third-order valence-electron chi connectivity index (χ3n) is 3.24. The first-order chi connectivity index (χ1) is 6.69. The normalized spacial score (nSPS) is 18.5. The van der Waals surface area contributed by atoms with Crippen LogP contribution in [0.2, 0.25) is 0 Å². The van der Waals surface area contributed by atoms with E-state index in [4.69, 9.17) is 0 Å². The van der Waals surface area contributed by atoms with Crippen molar-refractivity contribution >= 4 is 0 Å². The van der Waals surface area contributed by atoms with Crippen molar-refractivity contribution in [2.75, 3.05) is 6.61 Å². The molecule has 0 bridgehead atoms. The number of hydrogen-bond donors (Lipinski definition) is 1. The Morgan fingerprint density at radius 1 is 1.57 bits per heavy atom. The van der Waals surface area contributed by atoms with Gasteiger partial charge in [0.25, 0.3) is 0 Å². The number of nitrogens with zero attached hydrogens (tertiary/aromatic N) is 2. The molecule has 0 amide bonds. The smallest absolute Gasteiger partial charge is 0.0624 e. The lowest BCUT2D eigenvalue weighted by atomic mass is 10.0. The molecule has 78 valence electrons. The minimum absolute atomic E-state index is 0.193. The van der Waals surface area contributed by atoms with Crippen molar-refractivity contribution in [1.82, 2.24) is 9.78 Å². The Hall–Kier alpha value is -0.830. The van der Waals surface area contributed by atoms with Crippen LogP contribution in [0.3, 0.4) is 0 Å². The summed E-state index contributed by atoms with van der Waals surface area (Å²) in [4.78, 5) is 0. The van der Waals surface area contributed by atoms with E-state index in [0.717, 1.165) is 31.4 Å². The average Bonchev–Trinajstić information content (AvgIpc) is 2.87. The van der Waals surface area contributed by atoms with Crippen LogP contribution in [0.5, 0.6) is 0 Å². The maximum Gasteiger partial charge on any atom is 0.0624 e. The molecule has 3 heteroatoms. The molecule has 0 aromatic carbocycles. The minimum atomic E-state index is 0.193. The van der Waals surface area contributed by atoms with Crippen LogP contribution in [0.25, 0.3) is 0 Å². The lowest BCUT2D eigenvalue weighted by Crippen LogP contribution is -2.12. The fraction of sp³-hybridized carbons (Fsp3) is 0.727. The van der Waals surface area contributed by atoms with Crippen LogP contribution in [0.1, 0.15) is 31.2 Å². The molecule has 0 aliphatic heterocycles. The zero-order valence-corrected chi connectivity index (χ0v) is 8.95. The number of aryl methyl sites for hydroxylation is 2. The Bertz CT molecular complexity index is 326. The molecule has 1 aliphatic rings. The van der Waals surface area contributed by atoms with Crippen LogP contribution in [0.4, 0.5) is 0 Å². The van der Waals surface area contributed by atoms with Crippen molar-refractivity contribution < 1.29 is 5.11 Å². The predicted octanol–water partition coefficient (Wildman–Crippen LogP) is 1.30. The van der Waals surface area contributed by atoms with E-state index in [0.29, 0.717) is 6.61 Å². The van der Waals surface area contributed by atoms with Gasteiger partial charge in [0.05, 0.1) is 5.69 Å². The molecule has 1 saturated carbocycles. The summed E-state index contributed by atoms with van der Waals surface area (Å²) in [6.07, 6.45) is 4.29. The molecule has 0 unspecified atom stereocenters. The van der Waals surface area contributed by atoms with Crippen molar-refractivity contribution in [1.29, 1.82) is 0 Å². The second-order valence-corrected chi connectivity index (χ2v) is 4.44. The lowest BCUT2D eigenvalue weighted by molar-refractivity contribution is 0.209. The number of aromatic nitrogens is 2. The summed E-state index contributed by atoms with van der Waals surface area (Å²) in [5.41, 5.74) is 2.60. The molecule has 1 heterocycles. The lowest BCUT2D eigenvalue weighted by Gasteiger charge is -2.10. The average molecular weight is 194 g/mol. The second-order valence-electron chi connectivity index (χ2n) is 4.44. The summed E-state index contributed by atoms with van der Waals surface area (Å²) >= 11 is 0. The molecular weight excluding hydrogens is 176 g/mol. The van der Waals surface area contributed by atoms with Crippen molar-refractivity contribution in [2.45, 2.75) is 32.6 Å². The monoisotopic (exact) mass is 194 g/mol. The zero-order valence-electron chi connectivity index (χ0n) is 8.95. The first-order valence-electron chi connectivity index (χ1n) is 5.32. The minimum Gasteiger partial charge on any atom is -0.396 e. The Morgan fingerprint density at radius 2 is 2.29 bits per heavy atom. The third kappa shape index (κ3) is 1.69. The van der Waals surface area contributed by atoms with Gasteiger partial charge in [-0.2, -0.15) is 5.10 Å². The fourth-order valence-corrected chi connectivity index (χ4v) is 1.86. The van der Waals surface area contributed by atoms with Crippen molar-refractivity contribution in [2.24, 2.45) is 12.5 Å². The van der Waals surface area contributed by atoms with Gasteiger partial charge in [-0.3, -0.25) is 4.68 Å². The highest BCUT2D eigenvalue weighted by Gasteiger charge is 2.42. The summed E-state index contributed by atoms with van der Waals surface area (Å²) < 4.78 is 1.95. The van der Waals surface area contributed by atoms with E-state index in [1.807, 2.05) is 11.7 Å². The van der Waals surface area contributed by atoms with Gasteiger partial charge >= 0.3 is 0 Å². The van der Waals surface area contributed by atoms with Crippen molar-refractivity contribution in [3.05, 3.63) is 17.5 Å². The van der Waals surface area contributed by atoms with Gasteiger partial charge in [-0.25, -0.2) is 0 Å². The van der Waals surface area contributed by atoms with E-state index in [1.54, 1.807) is 0 Å². The molecule has 3 nitrogen and oxygen atoms in total. The van der Waals surface area contributed by atoms with Gasteiger partial charge in [-0.15, -0.1) is 0 Å². The zero-order chi connectivity index (χ0) is 10.2. The van der Waals surface area contributed by atoms with Crippen molar-refractivity contribution in [3.63, 3.8) is 0 Å². The highest BCUT2D eigenvalue weighted by atomic mass is 16.3. The molecule has 2 rings (SSSR count). The summed E-state index contributed by atoms with van der Waals surface area (Å²) in [7, 11) is 1.99. The van der Waals surface area contributed by atoms with Crippen LogP contribution in [-0.4, -0.2) is 21.5 Å². The van der Waals surface area contributed by atoms with Gasteiger partial charge in [0, 0.05) is 19.3 Å². The van der Waals surface area contributed by atoms with E-state index < -0.39 is 0 Å². The standard InChI is InChI=1S/C11H18N2O/c1-3-9-6-10(13(2)12-9)7-11(8-14)4-5-11/h6,14H,3-5,7-8H2,1-2H3. The van der Waals surface area contributed by atoms with Gasteiger partial charge in [0.1, 0.15) is 0 Å². The maximum absolute atomic E-state index is 9.24. The number of aliphatic hydroxyl groups excluding tert-OH is 1. The molecular formula is C11H18N2O. The van der Waals surface area contributed by atoms with Crippen LogP contribution in [-0.2, 0) is 19.9 Å². The molecule has 1 fully saturated rings. The molecule has 0 saturated heterocycles. The third-order valence-corrected chi connectivity index (χ3v) is 3.24. The topological polar surface area (TPSA) is 38.0 Å². The Balaban J connectivity index is 2.12. The summed E-state index contributed by atoms with van der Waals surface area (Å²) in [5.74, 6) is 0. The quantitative estimate of drug-likeness (QED) is 0.784. The Labute approximate surface area is 84.7 Å². The van der Waals surface area contributed by atoms with Gasteiger partial charge in [-0.05, 0) is 37.2 Å². The SMILES string of the molecule is CCc1cc(CC2(CO)CC2)n(C)n1. The van der Waals surface area contributed by atoms with E-state index in [2.05, 4.69) is 18.1 Å². The van der Waals surface area contributed by atoms with Gasteiger partial charge in [0.15, 0.2) is 0 Å². The van der Waals surface area contributed by atoms with Crippen LogP contribution < -0.4 is 0 Å². The van der Waals surface area contributed by atoms with Crippen LogP contribution in [0.15, 0.2) is 6.07 Å². The molecule has 1 aliphatic carbocycles. The number of rotatable bonds is 4. The first-order valence-corrected chi connectivity index (χ1v) is 5.32. The summed E-state index contributed by atoms with van der Waals surface area (Å²) in [6, 6.07) is 2.16. The highest BCUT2D eigenvalue weighted by molar-refractivity contribution is 5.14. The molecule has 0 spiro atoms. The molecule has 1 N–H and O–H groups in total. The molecule has 1 aromatic heterocycles. The highest BCUT2D eigenvalue weighted by Crippen LogP contribution is 2.47. The molecule has 0 radical (unpaired) electrons. The van der Waals surface area contributed by atoms with Crippen LogP contribution >= 0.6 is 0 Å². The first kappa shape index (κ1) is 9.71. The fourth-order valence-electron chi connectivity index (χ4n) is 1.86. The van der Waals surface area contributed by atoms with E-state index in [9.17, 15) is 5.11 Å². The van der Waals surface area contributed by atoms with Gasteiger partial charge in [0.2, 0.25) is 0 Å². The van der Waals surface area contributed by atoms with E-state index in [-0.39, 0.29) is 5.41 Å². The Morgan fingerprint density at radius 3 is 2.71 bits per heavy atom. The molecule has 14 heavy (non-hydrogen) atoms. The largest absolute Gasteiger partial charge is 0.396 e. The van der Waals surface area contributed by atoms with Crippen molar-refractivity contribution in [3.8, 4) is 0 Å². The maximum atomic E-state index is 9.24. The predicted molar refractivity (Wildman–Crippen MR) is 55.0 cm³/mol. The molecule has 0 atom stereocenters.